The molecule has 0 spiro atoms. The highest BCUT2D eigenvalue weighted by molar-refractivity contribution is 6.41. The van der Waals surface area contributed by atoms with E-state index in [1.165, 1.54) is 71.2 Å². The Morgan fingerprint density at radius 3 is 1.24 bits per heavy atom. The number of rotatable bonds is 30. The molecule has 0 radical (unpaired) electrons. The molecular weight excluding hydrogens is 1640 g/mol. The third-order valence-corrected chi connectivity index (χ3v) is 22.3. The molecule has 644 valence electrons. The number of fused-ring (bicyclic) bond motifs is 3. The lowest BCUT2D eigenvalue weighted by molar-refractivity contribution is -0.118. The average Bonchev–Trinajstić information content (AvgIpc) is 1.20. The largest absolute Gasteiger partial charge is 0.495 e. The van der Waals surface area contributed by atoms with Crippen molar-refractivity contribution < 1.29 is 88.8 Å². The number of anilines is 6. The van der Waals surface area contributed by atoms with Gasteiger partial charge in [-0.15, -0.1) is 0 Å². The second kappa shape index (κ2) is 37.4. The molecule has 3 amide bonds. The van der Waals surface area contributed by atoms with Crippen LogP contribution in [0.2, 0.25) is 10.0 Å². The maximum atomic E-state index is 17.6. The quantitative estimate of drug-likeness (QED) is 0.0180. The third-order valence-electron chi connectivity index (χ3n) is 21.6. The molecule has 33 nitrogen and oxygen atoms in total. The van der Waals surface area contributed by atoms with Crippen LogP contribution in [0.5, 0.6) is 34.5 Å². The van der Waals surface area contributed by atoms with Gasteiger partial charge in [-0.1, -0.05) is 42.9 Å². The average molecular weight is 1730 g/mol. The summed E-state index contributed by atoms with van der Waals surface area (Å²) in [5, 5.41) is 20.0. The number of nitrogens with zero attached hydrogens (tertiary/aromatic N) is 12. The lowest BCUT2D eigenvalue weighted by atomic mass is 10.1. The number of morpholine rings is 3. The molecule has 3 aromatic carbocycles. The van der Waals surface area contributed by atoms with Crippen molar-refractivity contribution in [2.45, 2.75) is 100 Å². The van der Waals surface area contributed by atoms with Crippen LogP contribution >= 0.6 is 23.2 Å². The number of methoxy groups -OCH3 is 4. The molecule has 39 heteroatoms. The van der Waals surface area contributed by atoms with Crippen LogP contribution in [0.4, 0.5) is 52.9 Å². The van der Waals surface area contributed by atoms with Gasteiger partial charge in [-0.2, -0.15) is 0 Å². The first-order valence-corrected chi connectivity index (χ1v) is 40.3. The Hall–Kier alpha value is -11.6. The summed E-state index contributed by atoms with van der Waals surface area (Å²) in [7, 11) is 5.21. The van der Waals surface area contributed by atoms with Crippen LogP contribution in [0.25, 0.3) is 66.5 Å². The lowest BCUT2D eigenvalue weighted by Crippen LogP contribution is -2.47. The molecule has 6 aliphatic rings. The minimum atomic E-state index is -1.05. The smallest absolute Gasteiger partial charge is 0.243 e. The number of carbonyl (C=O) groups excluding carboxylic acids is 3. The Morgan fingerprint density at radius 2 is 0.803 bits per heavy atom. The van der Waals surface area contributed by atoms with Crippen LogP contribution in [0.1, 0.15) is 33.6 Å². The van der Waals surface area contributed by atoms with E-state index < -0.39 is 89.0 Å². The van der Waals surface area contributed by atoms with Crippen molar-refractivity contribution in [2.24, 2.45) is 0 Å². The molecule has 6 fully saturated rings. The minimum absolute atomic E-state index is 0.0101. The molecule has 122 heavy (non-hydrogen) atoms. The third kappa shape index (κ3) is 18.3. The maximum absolute atomic E-state index is 17.6. The predicted octanol–water partition coefficient (Wildman–Crippen LogP) is 9.39. The fourth-order valence-corrected chi connectivity index (χ4v) is 16.4. The Bertz CT molecular complexity index is 5470. The number of amides is 3. The van der Waals surface area contributed by atoms with Crippen molar-refractivity contribution in [1.82, 2.24) is 60.8 Å². The molecule has 0 saturated carbocycles. The van der Waals surface area contributed by atoms with Gasteiger partial charge in [0.25, 0.3) is 0 Å². The first kappa shape index (κ1) is 85.4. The maximum Gasteiger partial charge on any atom is 0.243 e. The Kier molecular flexibility index (Phi) is 26.2. The summed E-state index contributed by atoms with van der Waals surface area (Å²) in [5.74, 6) is -4.62. The lowest BCUT2D eigenvalue weighted by Gasteiger charge is -2.38. The summed E-state index contributed by atoms with van der Waals surface area (Å²) in [6.45, 7) is 19.5. The second-order valence-electron chi connectivity index (χ2n) is 30.0. The number of aromatic nitrogens is 9. The van der Waals surface area contributed by atoms with E-state index in [0.29, 0.717) is 57.4 Å². The second-order valence-corrected chi connectivity index (χ2v) is 30.8. The molecular formula is C83H90Cl2F4N18O15. The van der Waals surface area contributed by atoms with Gasteiger partial charge in [0.15, 0.2) is 63.7 Å². The number of halogens is 6. The van der Waals surface area contributed by atoms with E-state index >= 15 is 17.6 Å². The van der Waals surface area contributed by atoms with Gasteiger partial charge in [0.1, 0.15) is 28.0 Å². The molecule has 12 heterocycles. The summed E-state index contributed by atoms with van der Waals surface area (Å²) in [6, 6.07) is 5.90. The van der Waals surface area contributed by atoms with Crippen molar-refractivity contribution in [3.8, 4) is 68.3 Å². The Morgan fingerprint density at radius 1 is 0.451 bits per heavy atom. The van der Waals surface area contributed by atoms with Crippen LogP contribution in [-0.4, -0.2) is 257 Å². The molecule has 6 aromatic heterocycles. The SMILES string of the molecule is C=CC(=O)N[C@H]1COC[C@H]1Nc1ncc2cc(-c3c(F)c(OC)cc(OC)c3F)nc(N3CCOC(CCOc4cc(OC)c(Cl)c(-c5cc6cnc(N[C@@H]7COC[C@@H]7NC(=O)C=C)nc6c(N6CC(C)OC(CCOc7cc(OC)c(F)c(-c8cc9cnc(N[C@@H]%10COC[C@@H]%10NC(=O)C=C)nc9c(N9CC(C)OC(C)C9)n8)c7F)C6)n5)c4Cl)C3)c2n1. The minimum Gasteiger partial charge on any atom is -0.495 e. The number of ether oxygens (including phenoxy) is 12. The number of hydrogen-bond acceptors (Lipinski definition) is 30. The molecule has 0 aliphatic carbocycles. The Balaban J connectivity index is 0.705. The summed E-state index contributed by atoms with van der Waals surface area (Å²) in [5.41, 5.74) is 0.367. The first-order valence-electron chi connectivity index (χ1n) is 39.5. The van der Waals surface area contributed by atoms with E-state index in [-0.39, 0.29) is 219 Å². The fraction of sp³-hybridized carbons (Fsp3) is 0.422. The van der Waals surface area contributed by atoms with E-state index in [0.717, 1.165) is 12.1 Å². The van der Waals surface area contributed by atoms with Gasteiger partial charge in [0.05, 0.1) is 193 Å². The van der Waals surface area contributed by atoms with Gasteiger partial charge in [-0.25, -0.2) is 62.4 Å². The topological polar surface area (TPSA) is 360 Å². The van der Waals surface area contributed by atoms with E-state index in [1.807, 2.05) is 35.5 Å². The van der Waals surface area contributed by atoms with Crippen molar-refractivity contribution in [3.63, 3.8) is 0 Å². The van der Waals surface area contributed by atoms with E-state index in [2.05, 4.69) is 61.6 Å². The monoisotopic (exact) mass is 1720 g/mol. The Labute approximate surface area is 707 Å². The van der Waals surface area contributed by atoms with Gasteiger partial charge < -0.3 is 103 Å². The van der Waals surface area contributed by atoms with Gasteiger partial charge in [-0.3, -0.25) is 14.4 Å². The summed E-state index contributed by atoms with van der Waals surface area (Å²) in [6.07, 6.45) is 6.46. The molecule has 6 saturated heterocycles. The van der Waals surface area contributed by atoms with E-state index in [4.69, 9.17) is 115 Å². The first-order chi connectivity index (χ1) is 59.0. The highest BCUT2D eigenvalue weighted by Crippen LogP contribution is 2.48. The van der Waals surface area contributed by atoms with Crippen molar-refractivity contribution in [2.75, 3.05) is 158 Å². The zero-order valence-electron chi connectivity index (χ0n) is 67.7. The molecule has 11 atom stereocenters. The number of hydrogen-bond donors (Lipinski definition) is 6. The molecule has 6 N–H and O–H groups in total. The van der Waals surface area contributed by atoms with Crippen LogP contribution < -0.4 is 75.0 Å². The van der Waals surface area contributed by atoms with E-state index in [1.54, 1.807) is 18.3 Å². The van der Waals surface area contributed by atoms with Crippen LogP contribution in [-0.2, 0) is 42.8 Å². The van der Waals surface area contributed by atoms with Gasteiger partial charge in [0, 0.05) is 111 Å². The van der Waals surface area contributed by atoms with Gasteiger partial charge in [0.2, 0.25) is 35.6 Å². The molecule has 5 unspecified atom stereocenters. The highest BCUT2D eigenvalue weighted by atomic mass is 35.5. The van der Waals surface area contributed by atoms with Crippen molar-refractivity contribution >= 4 is 109 Å². The van der Waals surface area contributed by atoms with Crippen molar-refractivity contribution in [3.05, 3.63) is 126 Å². The summed E-state index contributed by atoms with van der Waals surface area (Å²) < 4.78 is 139. The molecule has 6 aliphatic heterocycles. The zero-order chi connectivity index (χ0) is 85.7. The summed E-state index contributed by atoms with van der Waals surface area (Å²) in [4.78, 5) is 87.1. The van der Waals surface area contributed by atoms with Gasteiger partial charge in [-0.05, 0) is 57.2 Å². The van der Waals surface area contributed by atoms with Crippen LogP contribution in [0, 0.1) is 23.3 Å². The molecule has 15 rings (SSSR count). The van der Waals surface area contributed by atoms with Crippen LogP contribution in [0.3, 0.4) is 0 Å². The zero-order valence-corrected chi connectivity index (χ0v) is 69.2. The van der Waals surface area contributed by atoms with Crippen molar-refractivity contribution in [1.29, 1.82) is 0 Å². The predicted molar refractivity (Wildman–Crippen MR) is 446 cm³/mol. The normalized spacial score (nSPS) is 22.2. The standard InChI is InChI=1S/C83H90Cl2F4N18O15/c1-11-63(108)93-51-34-115-37-54(51)99-81-91-27-44-21-49(67-71(86)59(112-8)24-60(113-9)72(67)87)97-78(75(44)102-81)105-16-19-118-46(32-105)14-17-119-58-23-57(111-7)69(84)66(70(58)85)48-20-43-26-90-83(101-56-39-117-36-53(56)95-65(110)13-3)104-77(43)80(96-48)107-31-42(6)122-47(33-107)15-18-120-62-25-61(114-10)73(88)68(74(62)89)50-22-45-28-92-82(100-55-38-116-35-52(55)94-64(109)12-2)103-76(45)79(98-50)106-29-40(4)121-41(5)30-106/h11-13,20-28,40-42,46-47,51-56H,1-3,14-19,29-39H2,4-10H3,(H,93,108)(H,94,109)(H,95,110)(H,90,101,104)(H,91,99,102)(H,92,100,103)/t40?,41?,42?,46?,47?,51-,52-,53-,54+,55+,56+/m0/s1. The van der Waals surface area contributed by atoms with E-state index in [9.17, 15) is 14.4 Å². The molecule has 0 bridgehead atoms. The van der Waals surface area contributed by atoms with Gasteiger partial charge >= 0.3 is 0 Å². The number of pyridine rings is 3. The summed E-state index contributed by atoms with van der Waals surface area (Å²) >= 11 is 14.9. The fourth-order valence-electron chi connectivity index (χ4n) is 15.7. The number of carbonyl (C=O) groups is 3. The highest BCUT2D eigenvalue weighted by Gasteiger charge is 2.38. The molecule has 9 aromatic rings. The van der Waals surface area contributed by atoms with Crippen LogP contribution in [0.15, 0.2) is 93.0 Å². The number of nitrogens with one attached hydrogen (secondary N) is 6. The number of benzene rings is 3.